The van der Waals surface area contributed by atoms with E-state index in [1.54, 1.807) is 25.1 Å². The minimum absolute atomic E-state index is 0.208. The number of carbonyl (C=O) groups is 2. The Labute approximate surface area is 161 Å². The van der Waals surface area contributed by atoms with Gasteiger partial charge in [-0.15, -0.1) is 0 Å². The van der Waals surface area contributed by atoms with Gasteiger partial charge in [-0.05, 0) is 30.7 Å². The molecule has 2 aromatic rings. The van der Waals surface area contributed by atoms with Crippen LogP contribution in [-0.4, -0.2) is 59.8 Å². The first-order valence-corrected chi connectivity index (χ1v) is 8.84. The molecule has 1 aliphatic rings. The van der Waals surface area contributed by atoms with Gasteiger partial charge in [0.15, 0.2) is 18.1 Å². The van der Waals surface area contributed by atoms with Gasteiger partial charge in [0.1, 0.15) is 11.4 Å². The van der Waals surface area contributed by atoms with E-state index in [1.807, 2.05) is 4.90 Å². The van der Waals surface area contributed by atoms with Crippen molar-refractivity contribution in [3.05, 3.63) is 53.3 Å². The third-order valence-corrected chi connectivity index (χ3v) is 4.73. The molecular formula is C20H21FN2O5. The Morgan fingerprint density at radius 3 is 2.39 bits per heavy atom. The van der Waals surface area contributed by atoms with Gasteiger partial charge >= 0.3 is 5.97 Å². The van der Waals surface area contributed by atoms with E-state index in [0.29, 0.717) is 37.4 Å². The second-order valence-electron chi connectivity index (χ2n) is 6.52. The van der Waals surface area contributed by atoms with Crippen molar-refractivity contribution in [2.45, 2.75) is 6.92 Å². The molecule has 0 atom stereocenters. The summed E-state index contributed by atoms with van der Waals surface area (Å²) in [5.74, 6) is -2.55. The number of benzene rings is 2. The Morgan fingerprint density at radius 2 is 1.71 bits per heavy atom. The zero-order valence-electron chi connectivity index (χ0n) is 15.4. The topological polar surface area (TPSA) is 90.3 Å². The summed E-state index contributed by atoms with van der Waals surface area (Å²) >= 11 is 0. The number of ether oxygens (including phenoxy) is 1. The maximum atomic E-state index is 13.9. The molecule has 2 aromatic carbocycles. The Kier molecular flexibility index (Phi) is 5.67. The SMILES string of the molecule is Cc1ccc(C(=O)OCC(=O)N2CCN(c3ccccc3F)CC2)c(O)c1O. The van der Waals surface area contributed by atoms with Crippen LogP contribution in [0.1, 0.15) is 15.9 Å². The molecule has 0 spiro atoms. The van der Waals surface area contributed by atoms with E-state index in [-0.39, 0.29) is 17.3 Å². The van der Waals surface area contributed by atoms with E-state index in [4.69, 9.17) is 4.74 Å². The molecule has 1 fully saturated rings. The van der Waals surface area contributed by atoms with Crippen LogP contribution in [0.3, 0.4) is 0 Å². The predicted octanol–water partition coefficient (Wildman–Crippen LogP) is 2.05. The maximum absolute atomic E-state index is 13.9. The lowest BCUT2D eigenvalue weighted by Crippen LogP contribution is -2.50. The molecule has 0 saturated carbocycles. The summed E-state index contributed by atoms with van der Waals surface area (Å²) in [4.78, 5) is 27.8. The highest BCUT2D eigenvalue weighted by Gasteiger charge is 2.24. The standard InChI is InChI=1S/C20H21FN2O5/c1-13-6-7-14(19(26)18(13)25)20(27)28-12-17(24)23-10-8-22(9-11-23)16-5-3-2-4-15(16)21/h2-7,25-26H,8-12H2,1H3. The van der Waals surface area contributed by atoms with Crippen molar-refractivity contribution in [3.8, 4) is 11.5 Å². The summed E-state index contributed by atoms with van der Waals surface area (Å²) in [6.45, 7) is 2.78. The third kappa shape index (κ3) is 4.00. The molecule has 7 nitrogen and oxygen atoms in total. The zero-order valence-corrected chi connectivity index (χ0v) is 15.4. The number of aryl methyl sites for hydroxylation is 1. The smallest absolute Gasteiger partial charge is 0.342 e. The first-order valence-electron chi connectivity index (χ1n) is 8.84. The lowest BCUT2D eigenvalue weighted by Gasteiger charge is -2.36. The molecular weight excluding hydrogens is 367 g/mol. The number of phenolic OH excluding ortho intramolecular Hbond substituents is 2. The minimum Gasteiger partial charge on any atom is -0.504 e. The molecule has 0 aromatic heterocycles. The van der Waals surface area contributed by atoms with Crippen molar-refractivity contribution < 1.29 is 28.9 Å². The Bertz CT molecular complexity index is 894. The van der Waals surface area contributed by atoms with Crippen LogP contribution in [0.25, 0.3) is 0 Å². The molecule has 1 amide bonds. The number of rotatable bonds is 4. The van der Waals surface area contributed by atoms with Gasteiger partial charge in [0.2, 0.25) is 0 Å². The molecule has 1 heterocycles. The number of para-hydroxylation sites is 1. The van der Waals surface area contributed by atoms with Gasteiger partial charge in [-0.3, -0.25) is 4.79 Å². The van der Waals surface area contributed by atoms with Gasteiger partial charge in [-0.25, -0.2) is 9.18 Å². The molecule has 0 unspecified atom stereocenters. The molecule has 0 aliphatic carbocycles. The zero-order chi connectivity index (χ0) is 20.3. The van der Waals surface area contributed by atoms with Crippen LogP contribution < -0.4 is 4.90 Å². The third-order valence-electron chi connectivity index (χ3n) is 4.73. The van der Waals surface area contributed by atoms with E-state index >= 15 is 0 Å². The number of esters is 1. The van der Waals surface area contributed by atoms with Gasteiger partial charge in [-0.1, -0.05) is 18.2 Å². The predicted molar refractivity (Wildman–Crippen MR) is 100.0 cm³/mol. The second kappa shape index (κ2) is 8.16. The van der Waals surface area contributed by atoms with Crippen molar-refractivity contribution in [1.82, 2.24) is 4.90 Å². The number of nitrogens with zero attached hydrogens (tertiary/aromatic N) is 2. The molecule has 1 saturated heterocycles. The normalized spacial score (nSPS) is 14.1. The number of anilines is 1. The fourth-order valence-corrected chi connectivity index (χ4v) is 3.05. The van der Waals surface area contributed by atoms with Crippen LogP contribution in [0, 0.1) is 12.7 Å². The summed E-state index contributed by atoms with van der Waals surface area (Å²) in [5, 5.41) is 19.5. The molecule has 0 bridgehead atoms. The van der Waals surface area contributed by atoms with Crippen LogP contribution >= 0.6 is 0 Å². The monoisotopic (exact) mass is 388 g/mol. The molecule has 1 aliphatic heterocycles. The van der Waals surface area contributed by atoms with Crippen molar-refractivity contribution >= 4 is 17.6 Å². The number of aromatic hydroxyl groups is 2. The van der Waals surface area contributed by atoms with E-state index in [2.05, 4.69) is 0 Å². The highest BCUT2D eigenvalue weighted by molar-refractivity contribution is 5.95. The van der Waals surface area contributed by atoms with Crippen LogP contribution in [0.4, 0.5) is 10.1 Å². The van der Waals surface area contributed by atoms with Gasteiger partial charge in [0.05, 0.1) is 5.69 Å². The van der Waals surface area contributed by atoms with Gasteiger partial charge in [-0.2, -0.15) is 0 Å². The lowest BCUT2D eigenvalue weighted by molar-refractivity contribution is -0.134. The first-order chi connectivity index (χ1) is 13.4. The average molecular weight is 388 g/mol. The van der Waals surface area contributed by atoms with Gasteiger partial charge in [0.25, 0.3) is 5.91 Å². The first kappa shape index (κ1) is 19.5. The Morgan fingerprint density at radius 1 is 1.04 bits per heavy atom. The van der Waals surface area contributed by atoms with Crippen molar-refractivity contribution in [1.29, 1.82) is 0 Å². The van der Waals surface area contributed by atoms with E-state index in [1.165, 1.54) is 23.1 Å². The lowest BCUT2D eigenvalue weighted by atomic mass is 10.1. The van der Waals surface area contributed by atoms with Crippen LogP contribution in [0.15, 0.2) is 36.4 Å². The van der Waals surface area contributed by atoms with E-state index < -0.39 is 24.1 Å². The number of carbonyl (C=O) groups excluding carboxylic acids is 2. The molecule has 148 valence electrons. The number of phenols is 2. The van der Waals surface area contributed by atoms with Gasteiger partial charge < -0.3 is 24.7 Å². The minimum atomic E-state index is -0.897. The summed E-state index contributed by atoms with van der Waals surface area (Å²) in [6, 6.07) is 9.26. The summed E-state index contributed by atoms with van der Waals surface area (Å²) in [7, 11) is 0. The van der Waals surface area contributed by atoms with Crippen LogP contribution in [-0.2, 0) is 9.53 Å². The Balaban J connectivity index is 1.53. The highest BCUT2D eigenvalue weighted by atomic mass is 19.1. The Hall–Kier alpha value is -3.29. The van der Waals surface area contributed by atoms with E-state index in [0.717, 1.165) is 0 Å². The number of hydrogen-bond donors (Lipinski definition) is 2. The summed E-state index contributed by atoms with van der Waals surface area (Å²) in [5.41, 5.74) is 0.703. The molecule has 0 radical (unpaired) electrons. The maximum Gasteiger partial charge on any atom is 0.342 e. The van der Waals surface area contributed by atoms with E-state index in [9.17, 15) is 24.2 Å². The number of halogens is 1. The van der Waals surface area contributed by atoms with Crippen molar-refractivity contribution in [2.24, 2.45) is 0 Å². The molecule has 8 heteroatoms. The van der Waals surface area contributed by atoms with Gasteiger partial charge in [0, 0.05) is 26.2 Å². The number of hydrogen-bond acceptors (Lipinski definition) is 6. The summed E-state index contributed by atoms with van der Waals surface area (Å²) < 4.78 is 18.8. The van der Waals surface area contributed by atoms with Crippen molar-refractivity contribution in [2.75, 3.05) is 37.7 Å². The largest absolute Gasteiger partial charge is 0.504 e. The fraction of sp³-hybridized carbons (Fsp3) is 0.300. The number of piperazine rings is 1. The van der Waals surface area contributed by atoms with Crippen LogP contribution in [0.5, 0.6) is 11.5 Å². The fourth-order valence-electron chi connectivity index (χ4n) is 3.05. The number of amides is 1. The van der Waals surface area contributed by atoms with Crippen LogP contribution in [0.2, 0.25) is 0 Å². The second-order valence-corrected chi connectivity index (χ2v) is 6.52. The molecule has 28 heavy (non-hydrogen) atoms. The highest BCUT2D eigenvalue weighted by Crippen LogP contribution is 2.32. The molecule has 3 rings (SSSR count). The quantitative estimate of drug-likeness (QED) is 0.616. The van der Waals surface area contributed by atoms with Crippen molar-refractivity contribution in [3.63, 3.8) is 0 Å². The summed E-state index contributed by atoms with van der Waals surface area (Å²) in [6.07, 6.45) is 0. The molecule has 2 N–H and O–H groups in total. The average Bonchev–Trinajstić information content (AvgIpc) is 2.70.